The van der Waals surface area contributed by atoms with Crippen molar-refractivity contribution in [3.05, 3.63) is 53.7 Å². The molecule has 31 heavy (non-hydrogen) atoms. The number of nitrogens with one attached hydrogen (secondary N) is 3. The summed E-state index contributed by atoms with van der Waals surface area (Å²) in [5.74, 6) is -0.747. The van der Waals surface area contributed by atoms with Crippen molar-refractivity contribution in [2.45, 2.75) is 59.2 Å². The molecule has 0 radical (unpaired) electrons. The van der Waals surface area contributed by atoms with Crippen LogP contribution in [0.15, 0.2) is 30.8 Å². The molecule has 0 aliphatic heterocycles. The minimum atomic E-state index is -0.681. The van der Waals surface area contributed by atoms with Gasteiger partial charge in [0.05, 0.1) is 23.1 Å². The number of hydrogen-bond donors (Lipinski definition) is 3. The van der Waals surface area contributed by atoms with Crippen molar-refractivity contribution in [2.24, 2.45) is 0 Å². The smallest absolute Gasteiger partial charge is 0.180 e. The second-order valence-corrected chi connectivity index (χ2v) is 8.25. The van der Waals surface area contributed by atoms with E-state index in [0.29, 0.717) is 11.6 Å². The number of aryl methyl sites for hydroxylation is 1. The molecule has 2 atom stereocenters. The molecule has 2 aromatic heterocycles. The quantitative estimate of drug-likeness (QED) is 0.521. The molecule has 2 aromatic rings. The molecule has 7 nitrogen and oxygen atoms in total. The number of rotatable bonds is 8. The number of ether oxygens (including phenoxy) is 1. The van der Waals surface area contributed by atoms with Crippen molar-refractivity contribution in [1.29, 1.82) is 5.26 Å². The van der Waals surface area contributed by atoms with Crippen molar-refractivity contribution in [1.82, 2.24) is 15.3 Å². The Morgan fingerprint density at radius 2 is 1.84 bits per heavy atom. The summed E-state index contributed by atoms with van der Waals surface area (Å²) in [6.07, 6.45) is 1.41. The van der Waals surface area contributed by atoms with Crippen LogP contribution in [0.4, 0.5) is 26.1 Å². The van der Waals surface area contributed by atoms with E-state index < -0.39 is 17.2 Å². The van der Waals surface area contributed by atoms with E-state index in [-0.39, 0.29) is 35.0 Å². The van der Waals surface area contributed by atoms with Gasteiger partial charge in [-0.3, -0.25) is 4.98 Å². The Morgan fingerprint density at radius 1 is 1.16 bits per heavy atom. The van der Waals surface area contributed by atoms with Crippen LogP contribution >= 0.6 is 0 Å². The van der Waals surface area contributed by atoms with Gasteiger partial charge >= 0.3 is 0 Å². The molecule has 0 fully saturated rings. The molecule has 0 spiro atoms. The molecule has 0 aromatic carbocycles. The van der Waals surface area contributed by atoms with Crippen LogP contribution in [-0.2, 0) is 4.74 Å². The van der Waals surface area contributed by atoms with Gasteiger partial charge in [0, 0.05) is 18.2 Å². The zero-order valence-corrected chi connectivity index (χ0v) is 18.6. The van der Waals surface area contributed by atoms with Crippen LogP contribution in [0.3, 0.4) is 0 Å². The third kappa shape index (κ3) is 6.81. The van der Waals surface area contributed by atoms with Crippen LogP contribution in [0.5, 0.6) is 0 Å². The van der Waals surface area contributed by atoms with E-state index in [0.717, 1.165) is 6.07 Å². The highest BCUT2D eigenvalue weighted by Gasteiger charge is 2.20. The van der Waals surface area contributed by atoms with Gasteiger partial charge in [0.15, 0.2) is 23.3 Å². The molecule has 0 saturated heterocycles. The zero-order chi connectivity index (χ0) is 23.3. The number of nitrogens with zero attached hydrogens (tertiary/aromatic N) is 3. The van der Waals surface area contributed by atoms with E-state index in [2.05, 4.69) is 32.5 Å². The minimum absolute atomic E-state index is 0.0187. The molecule has 0 bridgehead atoms. The van der Waals surface area contributed by atoms with Crippen molar-refractivity contribution in [2.75, 3.05) is 10.6 Å². The molecule has 0 aliphatic carbocycles. The third-order valence-corrected chi connectivity index (χ3v) is 4.32. The van der Waals surface area contributed by atoms with Crippen molar-refractivity contribution in [3.8, 4) is 6.07 Å². The summed E-state index contributed by atoms with van der Waals surface area (Å²) in [4.78, 5) is 8.13. The molecule has 3 N–H and O–H groups in total. The molecule has 2 heterocycles. The zero-order valence-electron chi connectivity index (χ0n) is 18.6. The van der Waals surface area contributed by atoms with Gasteiger partial charge in [-0.2, -0.15) is 5.26 Å². The molecule has 0 amide bonds. The van der Waals surface area contributed by atoms with E-state index in [1.54, 1.807) is 0 Å². The van der Waals surface area contributed by atoms with Crippen LogP contribution in [-0.4, -0.2) is 27.7 Å². The van der Waals surface area contributed by atoms with Crippen LogP contribution < -0.4 is 16.0 Å². The lowest BCUT2D eigenvalue weighted by atomic mass is 10.1. The summed E-state index contributed by atoms with van der Waals surface area (Å²) in [7, 11) is 0. The maximum atomic E-state index is 14.5. The Hall–Kier alpha value is -3.41. The van der Waals surface area contributed by atoms with Crippen molar-refractivity contribution < 1.29 is 13.5 Å². The Kier molecular flexibility index (Phi) is 7.39. The highest BCUT2D eigenvalue weighted by Crippen LogP contribution is 2.24. The monoisotopic (exact) mass is 430 g/mol. The fraction of sp³-hybridized carbons (Fsp3) is 0.409. The first-order valence-corrected chi connectivity index (χ1v) is 9.80. The van der Waals surface area contributed by atoms with Crippen LogP contribution in [0, 0.1) is 29.9 Å². The number of pyridine rings is 2. The SMILES string of the molecule is C=C(NC(C)C(C)Nc1nc(Nc2cnc(C)c(F)c2)c(C#N)cc1F)OC(C)(C)C. The largest absolute Gasteiger partial charge is 0.474 e. The van der Waals surface area contributed by atoms with E-state index in [1.165, 1.54) is 19.2 Å². The first kappa shape index (κ1) is 23.9. The standard InChI is InChI=1S/C22H28F2N6O/c1-12(27-15(4)31-22(5,6)7)13(2)28-21-19(24)8-16(10-25)20(30-21)29-17-9-18(23)14(3)26-11-17/h8-9,11-13,27H,4H2,1-3,5-7H3,(H2,28,29,30). The molecule has 9 heteroatoms. The topological polar surface area (TPSA) is 94.9 Å². The third-order valence-electron chi connectivity index (χ3n) is 4.32. The van der Waals surface area contributed by atoms with Gasteiger partial charge in [0.2, 0.25) is 0 Å². The molecule has 0 saturated carbocycles. The van der Waals surface area contributed by atoms with E-state index >= 15 is 0 Å². The summed E-state index contributed by atoms with van der Waals surface area (Å²) in [5, 5.41) is 18.3. The van der Waals surface area contributed by atoms with Gasteiger partial charge < -0.3 is 20.7 Å². The van der Waals surface area contributed by atoms with Crippen LogP contribution in [0.1, 0.15) is 45.9 Å². The number of anilines is 3. The fourth-order valence-corrected chi connectivity index (χ4v) is 2.60. The average Bonchev–Trinajstić information content (AvgIpc) is 2.65. The molecule has 2 rings (SSSR count). The van der Waals surface area contributed by atoms with Gasteiger partial charge in [-0.1, -0.05) is 0 Å². The van der Waals surface area contributed by atoms with Gasteiger partial charge in [-0.05, 0) is 54.2 Å². The summed E-state index contributed by atoms with van der Waals surface area (Å²) < 4.78 is 34.0. The van der Waals surface area contributed by atoms with Gasteiger partial charge in [-0.15, -0.1) is 0 Å². The second-order valence-electron chi connectivity index (χ2n) is 8.25. The van der Waals surface area contributed by atoms with E-state index in [1.807, 2.05) is 40.7 Å². The number of hydrogen-bond acceptors (Lipinski definition) is 7. The van der Waals surface area contributed by atoms with E-state index in [9.17, 15) is 14.0 Å². The summed E-state index contributed by atoms with van der Waals surface area (Å²) >= 11 is 0. The van der Waals surface area contributed by atoms with Crippen molar-refractivity contribution in [3.63, 3.8) is 0 Å². The normalized spacial score (nSPS) is 13.0. The molecular formula is C22H28F2N6O. The predicted octanol–water partition coefficient (Wildman–Crippen LogP) is 4.74. The number of halogens is 2. The van der Waals surface area contributed by atoms with Crippen molar-refractivity contribution >= 4 is 17.3 Å². The maximum absolute atomic E-state index is 14.5. The van der Waals surface area contributed by atoms with Crippen LogP contribution in [0.25, 0.3) is 0 Å². The lowest BCUT2D eigenvalue weighted by molar-refractivity contribution is 0.0385. The fourth-order valence-electron chi connectivity index (χ4n) is 2.60. The first-order valence-electron chi connectivity index (χ1n) is 9.80. The Labute approximate surface area is 181 Å². The Morgan fingerprint density at radius 3 is 2.42 bits per heavy atom. The molecule has 2 unspecified atom stereocenters. The van der Waals surface area contributed by atoms with Crippen LogP contribution in [0.2, 0.25) is 0 Å². The van der Waals surface area contributed by atoms with Gasteiger partial charge in [0.1, 0.15) is 17.5 Å². The highest BCUT2D eigenvalue weighted by atomic mass is 19.1. The number of aromatic nitrogens is 2. The lowest BCUT2D eigenvalue weighted by Gasteiger charge is -2.28. The molecule has 166 valence electrons. The number of nitriles is 1. The second kappa shape index (κ2) is 9.60. The van der Waals surface area contributed by atoms with Gasteiger partial charge in [-0.25, -0.2) is 13.8 Å². The molecular weight excluding hydrogens is 402 g/mol. The Balaban J connectivity index is 2.19. The molecule has 0 aliphatic rings. The minimum Gasteiger partial charge on any atom is -0.474 e. The van der Waals surface area contributed by atoms with Gasteiger partial charge in [0.25, 0.3) is 0 Å². The lowest BCUT2D eigenvalue weighted by Crippen LogP contribution is -2.41. The van der Waals surface area contributed by atoms with E-state index in [4.69, 9.17) is 4.74 Å². The summed E-state index contributed by atoms with van der Waals surface area (Å²) in [5.41, 5.74) is 0.123. The summed E-state index contributed by atoms with van der Waals surface area (Å²) in [6.45, 7) is 14.8. The summed E-state index contributed by atoms with van der Waals surface area (Å²) in [6, 6.07) is 3.73. The predicted molar refractivity (Wildman–Crippen MR) is 117 cm³/mol. The average molecular weight is 431 g/mol. The first-order chi connectivity index (χ1) is 14.4. The Bertz CT molecular complexity index is 997. The highest BCUT2D eigenvalue weighted by molar-refractivity contribution is 5.65. The maximum Gasteiger partial charge on any atom is 0.180 e.